The molecule has 0 radical (unpaired) electrons. The van der Waals surface area contributed by atoms with Gasteiger partial charge in [-0.25, -0.2) is 4.98 Å². The molecule has 2 rings (SSSR count). The average molecular weight is 273 g/mol. The molecule has 5 heteroatoms. The molecule has 0 amide bonds. The van der Waals surface area contributed by atoms with Crippen molar-refractivity contribution in [3.8, 4) is 11.6 Å². The zero-order chi connectivity index (χ0) is 14.2. The number of nitrogens with zero attached hydrogens (tertiary/aromatic N) is 1. The zero-order valence-corrected chi connectivity index (χ0v) is 11.1. The Kier molecular flexibility index (Phi) is 4.94. The van der Waals surface area contributed by atoms with E-state index in [1.165, 1.54) is 7.11 Å². The van der Waals surface area contributed by atoms with Crippen LogP contribution in [0.25, 0.3) is 0 Å². The molecule has 2 aromatic rings. The number of hydrogen-bond acceptors (Lipinski definition) is 5. The predicted octanol–water partition coefficient (Wildman–Crippen LogP) is 2.43. The number of esters is 1. The maximum absolute atomic E-state index is 11.4. The van der Waals surface area contributed by atoms with Crippen LogP contribution in [-0.2, 0) is 9.53 Å². The summed E-state index contributed by atoms with van der Waals surface area (Å²) in [5, 5.41) is 0. The van der Waals surface area contributed by atoms with Gasteiger partial charge in [0.25, 0.3) is 6.29 Å². The second-order valence-corrected chi connectivity index (χ2v) is 3.93. The van der Waals surface area contributed by atoms with Crippen molar-refractivity contribution in [2.24, 2.45) is 0 Å². The number of benzene rings is 1. The van der Waals surface area contributed by atoms with Crippen LogP contribution in [0.2, 0.25) is 0 Å². The Morgan fingerprint density at radius 2 is 1.85 bits per heavy atom. The highest BCUT2D eigenvalue weighted by Crippen LogP contribution is 2.16. The largest absolute Gasteiger partial charge is 0.469 e. The predicted molar refractivity (Wildman–Crippen MR) is 72.4 cm³/mol. The number of aromatic nitrogens is 1. The summed E-state index contributed by atoms with van der Waals surface area (Å²) in [7, 11) is 1.32. The Balaban J connectivity index is 2.06. The first-order chi connectivity index (χ1) is 9.78. The third kappa shape index (κ3) is 4.28. The first-order valence-corrected chi connectivity index (χ1v) is 6.14. The van der Waals surface area contributed by atoms with E-state index in [1.54, 1.807) is 36.5 Å². The van der Waals surface area contributed by atoms with Crippen molar-refractivity contribution in [2.45, 2.75) is 12.7 Å². The topological polar surface area (TPSA) is 57.7 Å². The molecule has 1 aromatic carbocycles. The molecular formula is C15H15NO4. The molecule has 0 aliphatic heterocycles. The summed E-state index contributed by atoms with van der Waals surface area (Å²) < 4.78 is 15.8. The van der Waals surface area contributed by atoms with E-state index in [1.807, 2.05) is 18.2 Å². The monoisotopic (exact) mass is 273 g/mol. The van der Waals surface area contributed by atoms with E-state index in [4.69, 9.17) is 9.47 Å². The van der Waals surface area contributed by atoms with Crippen LogP contribution >= 0.6 is 0 Å². The molecule has 0 aliphatic carbocycles. The molecule has 0 bridgehead atoms. The first-order valence-electron chi connectivity index (χ1n) is 6.14. The van der Waals surface area contributed by atoms with Crippen molar-refractivity contribution >= 4 is 5.97 Å². The molecule has 1 unspecified atom stereocenters. The number of para-hydroxylation sites is 1. The van der Waals surface area contributed by atoms with Crippen LogP contribution in [0.15, 0.2) is 54.7 Å². The number of rotatable bonds is 6. The Bertz CT molecular complexity index is 489. The van der Waals surface area contributed by atoms with Gasteiger partial charge >= 0.3 is 5.97 Å². The number of carbonyl (C=O) groups is 1. The van der Waals surface area contributed by atoms with Crippen molar-refractivity contribution in [1.29, 1.82) is 0 Å². The fourth-order valence-corrected chi connectivity index (χ4v) is 1.53. The van der Waals surface area contributed by atoms with Crippen molar-refractivity contribution < 1.29 is 19.0 Å². The van der Waals surface area contributed by atoms with E-state index in [0.717, 1.165) is 0 Å². The van der Waals surface area contributed by atoms with E-state index in [9.17, 15) is 4.79 Å². The summed E-state index contributed by atoms with van der Waals surface area (Å²) >= 11 is 0. The summed E-state index contributed by atoms with van der Waals surface area (Å²) in [6, 6.07) is 14.4. The highest BCUT2D eigenvalue weighted by Gasteiger charge is 2.18. The summed E-state index contributed by atoms with van der Waals surface area (Å²) in [4.78, 5) is 15.4. The van der Waals surface area contributed by atoms with E-state index in [-0.39, 0.29) is 6.42 Å². The lowest BCUT2D eigenvalue weighted by Crippen LogP contribution is -2.28. The lowest BCUT2D eigenvalue weighted by Gasteiger charge is -2.18. The lowest BCUT2D eigenvalue weighted by molar-refractivity contribution is -0.146. The van der Waals surface area contributed by atoms with Gasteiger partial charge in [-0.15, -0.1) is 0 Å². The summed E-state index contributed by atoms with van der Waals surface area (Å²) in [5.41, 5.74) is 0. The minimum Gasteiger partial charge on any atom is -0.469 e. The SMILES string of the molecule is COC(=O)CC(Oc1ccccc1)Oc1ccccn1. The Morgan fingerprint density at radius 1 is 1.10 bits per heavy atom. The fourth-order valence-electron chi connectivity index (χ4n) is 1.53. The van der Waals surface area contributed by atoms with Gasteiger partial charge in [0.1, 0.15) is 12.2 Å². The number of hydrogen-bond donors (Lipinski definition) is 0. The molecule has 0 fully saturated rings. The van der Waals surface area contributed by atoms with Gasteiger partial charge in [0.2, 0.25) is 5.88 Å². The molecule has 0 saturated carbocycles. The van der Waals surface area contributed by atoms with Crippen LogP contribution in [0.5, 0.6) is 11.6 Å². The lowest BCUT2D eigenvalue weighted by atomic mass is 10.3. The van der Waals surface area contributed by atoms with Crippen molar-refractivity contribution in [2.75, 3.05) is 7.11 Å². The number of ether oxygens (including phenoxy) is 3. The first kappa shape index (κ1) is 13.9. The molecular weight excluding hydrogens is 258 g/mol. The minimum absolute atomic E-state index is 0.0258. The molecule has 0 aliphatic rings. The molecule has 1 atom stereocenters. The van der Waals surface area contributed by atoms with Gasteiger partial charge in [-0.2, -0.15) is 0 Å². The van der Waals surface area contributed by atoms with Crippen molar-refractivity contribution in [3.63, 3.8) is 0 Å². The third-order valence-corrected chi connectivity index (χ3v) is 2.46. The maximum atomic E-state index is 11.4. The van der Waals surface area contributed by atoms with Crippen LogP contribution < -0.4 is 9.47 Å². The average Bonchev–Trinajstić information content (AvgIpc) is 2.49. The molecule has 5 nitrogen and oxygen atoms in total. The van der Waals surface area contributed by atoms with Gasteiger partial charge in [0.05, 0.1) is 7.11 Å². The van der Waals surface area contributed by atoms with Crippen LogP contribution in [0.1, 0.15) is 6.42 Å². The molecule has 0 N–H and O–H groups in total. The highest BCUT2D eigenvalue weighted by atomic mass is 16.7. The minimum atomic E-state index is -0.792. The number of pyridine rings is 1. The van der Waals surface area contributed by atoms with E-state index in [0.29, 0.717) is 11.6 Å². The van der Waals surface area contributed by atoms with E-state index >= 15 is 0 Å². The quantitative estimate of drug-likeness (QED) is 0.597. The van der Waals surface area contributed by atoms with Gasteiger partial charge in [0.15, 0.2) is 0 Å². The second-order valence-electron chi connectivity index (χ2n) is 3.93. The number of carbonyl (C=O) groups excluding carboxylic acids is 1. The normalized spacial score (nSPS) is 11.4. The molecule has 0 spiro atoms. The van der Waals surface area contributed by atoms with Crippen LogP contribution in [-0.4, -0.2) is 24.4 Å². The molecule has 0 saturated heterocycles. The van der Waals surface area contributed by atoms with Crippen LogP contribution in [0.3, 0.4) is 0 Å². The Morgan fingerprint density at radius 3 is 2.50 bits per heavy atom. The fraction of sp³-hybridized carbons (Fsp3) is 0.200. The Labute approximate surface area is 117 Å². The molecule has 20 heavy (non-hydrogen) atoms. The van der Waals surface area contributed by atoms with Crippen LogP contribution in [0.4, 0.5) is 0 Å². The van der Waals surface area contributed by atoms with E-state index < -0.39 is 12.3 Å². The van der Waals surface area contributed by atoms with Crippen molar-refractivity contribution in [3.05, 3.63) is 54.7 Å². The maximum Gasteiger partial charge on any atom is 0.313 e. The van der Waals surface area contributed by atoms with Gasteiger partial charge in [-0.3, -0.25) is 4.79 Å². The van der Waals surface area contributed by atoms with E-state index in [2.05, 4.69) is 9.72 Å². The van der Waals surface area contributed by atoms with Gasteiger partial charge in [-0.1, -0.05) is 24.3 Å². The van der Waals surface area contributed by atoms with Crippen LogP contribution in [0, 0.1) is 0 Å². The molecule has 104 valence electrons. The number of methoxy groups -OCH3 is 1. The second kappa shape index (κ2) is 7.13. The van der Waals surface area contributed by atoms with Gasteiger partial charge < -0.3 is 14.2 Å². The third-order valence-electron chi connectivity index (χ3n) is 2.46. The molecule has 1 aromatic heterocycles. The van der Waals surface area contributed by atoms with Gasteiger partial charge in [-0.05, 0) is 18.2 Å². The van der Waals surface area contributed by atoms with Gasteiger partial charge in [0, 0.05) is 12.3 Å². The Hall–Kier alpha value is -2.56. The smallest absolute Gasteiger partial charge is 0.313 e. The zero-order valence-electron chi connectivity index (χ0n) is 11.1. The summed E-state index contributed by atoms with van der Waals surface area (Å²) in [5.74, 6) is 0.580. The summed E-state index contributed by atoms with van der Waals surface area (Å²) in [6.07, 6.45) is 0.786. The highest BCUT2D eigenvalue weighted by molar-refractivity contribution is 5.69. The summed E-state index contributed by atoms with van der Waals surface area (Å²) in [6.45, 7) is 0. The standard InChI is InChI=1S/C15H15NO4/c1-18-14(17)11-15(19-12-7-3-2-4-8-12)20-13-9-5-6-10-16-13/h2-10,15H,11H2,1H3. The van der Waals surface area contributed by atoms with Crippen molar-refractivity contribution in [1.82, 2.24) is 4.98 Å². The molecule has 1 heterocycles.